The maximum absolute atomic E-state index is 11.1. The molecule has 7 heteroatoms. The summed E-state index contributed by atoms with van der Waals surface area (Å²) in [6.07, 6.45) is 0.413. The highest BCUT2D eigenvalue weighted by Crippen LogP contribution is 1.92. The fourth-order valence-corrected chi connectivity index (χ4v) is 1.13. The van der Waals surface area contributed by atoms with E-state index in [1.54, 1.807) is 6.92 Å². The van der Waals surface area contributed by atoms with Gasteiger partial charge in [-0.05, 0) is 13.3 Å². The van der Waals surface area contributed by atoms with Crippen LogP contribution >= 0.6 is 0 Å². The minimum Gasteiger partial charge on any atom is -0.481 e. The molecule has 0 aromatic carbocycles. The molecule has 20 heavy (non-hydrogen) atoms. The van der Waals surface area contributed by atoms with E-state index in [2.05, 4.69) is 11.9 Å². The highest BCUT2D eigenvalue weighted by atomic mass is 16.6. The molecule has 0 aromatic rings. The fraction of sp³-hybridized carbons (Fsp3) is 0.615. The first kappa shape index (κ1) is 18.1. The Morgan fingerprint density at radius 3 is 2.45 bits per heavy atom. The number of nitrogens with one attached hydrogen (secondary N) is 1. The van der Waals surface area contributed by atoms with Gasteiger partial charge in [0.1, 0.15) is 6.61 Å². The van der Waals surface area contributed by atoms with Gasteiger partial charge < -0.3 is 19.9 Å². The molecule has 1 amide bonds. The molecule has 0 saturated carbocycles. The van der Waals surface area contributed by atoms with Crippen LogP contribution in [0.25, 0.3) is 0 Å². The summed E-state index contributed by atoms with van der Waals surface area (Å²) in [5.74, 6) is -1.73. The predicted molar refractivity (Wildman–Crippen MR) is 71.1 cm³/mol. The van der Waals surface area contributed by atoms with Gasteiger partial charge in [0, 0.05) is 25.1 Å². The molecule has 7 nitrogen and oxygen atoms in total. The van der Waals surface area contributed by atoms with Crippen molar-refractivity contribution in [1.82, 2.24) is 5.32 Å². The Bertz CT molecular complexity index is 353. The van der Waals surface area contributed by atoms with E-state index in [1.165, 1.54) is 0 Å². The fourth-order valence-electron chi connectivity index (χ4n) is 1.13. The van der Waals surface area contributed by atoms with E-state index in [-0.39, 0.29) is 32.0 Å². The molecule has 0 heterocycles. The van der Waals surface area contributed by atoms with Crippen molar-refractivity contribution in [2.75, 3.05) is 26.4 Å². The smallest absolute Gasteiger partial charge is 0.333 e. The van der Waals surface area contributed by atoms with Gasteiger partial charge in [-0.3, -0.25) is 9.59 Å². The van der Waals surface area contributed by atoms with Crippen LogP contribution in [0, 0.1) is 0 Å². The second-order valence-electron chi connectivity index (χ2n) is 4.13. The Labute approximate surface area is 117 Å². The number of esters is 1. The number of ether oxygens (including phenoxy) is 2. The van der Waals surface area contributed by atoms with E-state index in [9.17, 15) is 14.4 Å². The van der Waals surface area contributed by atoms with Crippen molar-refractivity contribution >= 4 is 17.8 Å². The van der Waals surface area contributed by atoms with Crippen LogP contribution in [0.1, 0.15) is 26.2 Å². The van der Waals surface area contributed by atoms with Gasteiger partial charge in [0.05, 0.1) is 13.0 Å². The minimum absolute atomic E-state index is 0.0208. The Morgan fingerprint density at radius 1 is 1.15 bits per heavy atom. The van der Waals surface area contributed by atoms with Crippen molar-refractivity contribution in [3.63, 3.8) is 0 Å². The van der Waals surface area contributed by atoms with Crippen LogP contribution in [0.15, 0.2) is 12.2 Å². The van der Waals surface area contributed by atoms with Crippen LogP contribution in [0.4, 0.5) is 0 Å². The number of carbonyl (C=O) groups is 3. The van der Waals surface area contributed by atoms with Crippen LogP contribution in [-0.4, -0.2) is 49.3 Å². The van der Waals surface area contributed by atoms with E-state index in [1.807, 2.05) is 0 Å². The quantitative estimate of drug-likeness (QED) is 0.326. The van der Waals surface area contributed by atoms with Crippen molar-refractivity contribution in [3.8, 4) is 0 Å². The molecule has 0 fully saturated rings. The predicted octanol–water partition coefficient (Wildman–Crippen LogP) is 0.493. The standard InChI is InChI=1S/C13H21NO6/c1-10(2)13(18)20-9-8-19-7-3-6-14-11(15)4-5-12(16)17/h1,3-9H2,2H3,(H,14,15)(H,16,17). The maximum atomic E-state index is 11.1. The van der Waals surface area contributed by atoms with Gasteiger partial charge in [0.2, 0.25) is 5.91 Å². The second-order valence-corrected chi connectivity index (χ2v) is 4.13. The number of aliphatic carboxylic acids is 1. The molecule has 0 bridgehead atoms. The highest BCUT2D eigenvalue weighted by molar-refractivity contribution is 5.86. The first-order chi connectivity index (χ1) is 9.43. The zero-order valence-corrected chi connectivity index (χ0v) is 11.6. The summed E-state index contributed by atoms with van der Waals surface area (Å²) in [5, 5.41) is 11.0. The maximum Gasteiger partial charge on any atom is 0.333 e. The van der Waals surface area contributed by atoms with Crippen molar-refractivity contribution in [1.29, 1.82) is 0 Å². The monoisotopic (exact) mass is 287 g/mol. The van der Waals surface area contributed by atoms with Crippen LogP contribution < -0.4 is 5.32 Å². The largest absolute Gasteiger partial charge is 0.481 e. The molecule has 0 aromatic heterocycles. The van der Waals surface area contributed by atoms with Crippen LogP contribution in [0.5, 0.6) is 0 Å². The summed E-state index contributed by atoms with van der Waals surface area (Å²) in [5.41, 5.74) is 0.342. The molecule has 0 aliphatic heterocycles. The third-order valence-electron chi connectivity index (χ3n) is 2.16. The average Bonchev–Trinajstić information content (AvgIpc) is 2.38. The number of carbonyl (C=O) groups excluding carboxylic acids is 2. The van der Waals surface area contributed by atoms with E-state index in [0.29, 0.717) is 25.1 Å². The summed E-state index contributed by atoms with van der Waals surface area (Å²) in [7, 11) is 0. The van der Waals surface area contributed by atoms with Gasteiger partial charge in [0.15, 0.2) is 0 Å². The Hall–Kier alpha value is -1.89. The number of rotatable bonds is 11. The number of hydrogen-bond donors (Lipinski definition) is 2. The van der Waals surface area contributed by atoms with Crippen LogP contribution in [0.2, 0.25) is 0 Å². The molecule has 0 radical (unpaired) electrons. The van der Waals surface area contributed by atoms with Crippen molar-refractivity contribution in [2.45, 2.75) is 26.2 Å². The number of amides is 1. The summed E-state index contributed by atoms with van der Waals surface area (Å²) in [4.78, 5) is 32.4. The molecule has 0 unspecified atom stereocenters. The van der Waals surface area contributed by atoms with Gasteiger partial charge in [-0.15, -0.1) is 0 Å². The molecular formula is C13H21NO6. The number of hydrogen-bond acceptors (Lipinski definition) is 5. The molecular weight excluding hydrogens is 266 g/mol. The third kappa shape index (κ3) is 11.2. The lowest BCUT2D eigenvalue weighted by atomic mass is 10.3. The summed E-state index contributed by atoms with van der Waals surface area (Å²) in [6, 6.07) is 0. The Morgan fingerprint density at radius 2 is 1.85 bits per heavy atom. The highest BCUT2D eigenvalue weighted by Gasteiger charge is 2.04. The van der Waals surface area contributed by atoms with Gasteiger partial charge in [-0.25, -0.2) is 4.79 Å². The minimum atomic E-state index is -0.993. The topological polar surface area (TPSA) is 102 Å². The Balaban J connectivity index is 3.32. The molecule has 0 spiro atoms. The van der Waals surface area contributed by atoms with Gasteiger partial charge in [0.25, 0.3) is 0 Å². The summed E-state index contributed by atoms with van der Waals surface area (Å²) in [6.45, 7) is 6.30. The summed E-state index contributed by atoms with van der Waals surface area (Å²) >= 11 is 0. The van der Waals surface area contributed by atoms with E-state index in [4.69, 9.17) is 14.6 Å². The number of carboxylic acid groups (broad SMARTS) is 1. The molecule has 0 rings (SSSR count). The van der Waals surface area contributed by atoms with E-state index >= 15 is 0 Å². The van der Waals surface area contributed by atoms with Crippen molar-refractivity contribution < 1.29 is 29.0 Å². The van der Waals surface area contributed by atoms with Crippen LogP contribution in [0.3, 0.4) is 0 Å². The normalized spacial score (nSPS) is 9.85. The third-order valence-corrected chi connectivity index (χ3v) is 2.16. The zero-order chi connectivity index (χ0) is 15.4. The Kier molecular flexibility index (Phi) is 9.94. The summed E-state index contributed by atoms with van der Waals surface area (Å²) < 4.78 is 10.0. The van der Waals surface area contributed by atoms with Crippen molar-refractivity contribution in [2.24, 2.45) is 0 Å². The van der Waals surface area contributed by atoms with Gasteiger partial charge >= 0.3 is 11.9 Å². The SMILES string of the molecule is C=C(C)C(=O)OCCOCCCNC(=O)CCC(=O)O. The first-order valence-corrected chi connectivity index (χ1v) is 6.32. The molecule has 0 aliphatic carbocycles. The molecule has 114 valence electrons. The molecule has 2 N–H and O–H groups in total. The first-order valence-electron chi connectivity index (χ1n) is 6.32. The number of carboxylic acids is 1. The molecule has 0 atom stereocenters. The second kappa shape index (κ2) is 11.0. The van der Waals surface area contributed by atoms with Crippen molar-refractivity contribution in [3.05, 3.63) is 12.2 Å². The molecule has 0 saturated heterocycles. The lowest BCUT2D eigenvalue weighted by Gasteiger charge is -2.06. The lowest BCUT2D eigenvalue weighted by molar-refractivity contribution is -0.140. The lowest BCUT2D eigenvalue weighted by Crippen LogP contribution is -2.25. The average molecular weight is 287 g/mol. The zero-order valence-electron chi connectivity index (χ0n) is 11.6. The van der Waals surface area contributed by atoms with Crippen LogP contribution in [-0.2, 0) is 23.9 Å². The van der Waals surface area contributed by atoms with Gasteiger partial charge in [-0.1, -0.05) is 6.58 Å². The van der Waals surface area contributed by atoms with Gasteiger partial charge in [-0.2, -0.15) is 0 Å². The van der Waals surface area contributed by atoms with E-state index < -0.39 is 11.9 Å². The van der Waals surface area contributed by atoms with E-state index in [0.717, 1.165) is 0 Å². The molecule has 0 aliphatic rings.